The van der Waals surface area contributed by atoms with E-state index in [2.05, 4.69) is 9.97 Å². The van der Waals surface area contributed by atoms with Gasteiger partial charge in [-0.1, -0.05) is 0 Å². The Morgan fingerprint density at radius 3 is 2.95 bits per heavy atom. The highest BCUT2D eigenvalue weighted by atomic mass is 16.2. The van der Waals surface area contributed by atoms with Gasteiger partial charge in [-0.2, -0.15) is 0 Å². The van der Waals surface area contributed by atoms with E-state index in [9.17, 15) is 4.79 Å². The smallest absolute Gasteiger partial charge is 0.270 e. The molecule has 0 spiro atoms. The Labute approximate surface area is 124 Å². The molecule has 110 valence electrons. The number of aromatic nitrogens is 3. The van der Waals surface area contributed by atoms with Crippen LogP contribution in [0.1, 0.15) is 40.6 Å². The first-order valence-corrected chi connectivity index (χ1v) is 7.34. The Morgan fingerprint density at radius 2 is 2.24 bits per heavy atom. The summed E-state index contributed by atoms with van der Waals surface area (Å²) in [5.74, 6) is 0.392. The van der Waals surface area contributed by atoms with Crippen LogP contribution in [0.2, 0.25) is 0 Å². The summed E-state index contributed by atoms with van der Waals surface area (Å²) in [5.41, 5.74) is 2.67. The summed E-state index contributed by atoms with van der Waals surface area (Å²) in [4.78, 5) is 23.3. The van der Waals surface area contributed by atoms with E-state index < -0.39 is 0 Å². The maximum atomic E-state index is 12.6. The van der Waals surface area contributed by atoms with Crippen molar-refractivity contribution in [2.75, 3.05) is 13.1 Å². The molecule has 1 fully saturated rings. The van der Waals surface area contributed by atoms with Gasteiger partial charge in [0.2, 0.25) is 0 Å². The Kier molecular flexibility index (Phi) is 3.73. The van der Waals surface area contributed by atoms with Crippen molar-refractivity contribution < 1.29 is 4.79 Å². The zero-order valence-electron chi connectivity index (χ0n) is 12.5. The van der Waals surface area contributed by atoms with E-state index in [-0.39, 0.29) is 11.8 Å². The maximum absolute atomic E-state index is 12.6. The molecule has 2 aromatic rings. The Bertz CT molecular complexity index is 649. The van der Waals surface area contributed by atoms with E-state index in [1.54, 1.807) is 6.20 Å². The van der Waals surface area contributed by atoms with Crippen molar-refractivity contribution in [3.63, 3.8) is 0 Å². The predicted octanol–water partition coefficient (Wildman–Crippen LogP) is 2.14. The molecule has 2 aromatic heterocycles. The monoisotopic (exact) mass is 284 g/mol. The predicted molar refractivity (Wildman–Crippen MR) is 80.1 cm³/mol. The van der Waals surface area contributed by atoms with Crippen LogP contribution in [0.4, 0.5) is 0 Å². The number of nitrogens with zero attached hydrogens (tertiary/aromatic N) is 4. The third-order valence-electron chi connectivity index (χ3n) is 4.06. The average Bonchev–Trinajstić information content (AvgIpc) is 2.93. The SMILES string of the molecule is Cc1cncc([C@@H]2CCCN(C(=O)c3cccn3C)C2)n1. The van der Waals surface area contributed by atoms with Crippen LogP contribution in [0, 0.1) is 6.92 Å². The van der Waals surface area contributed by atoms with Crippen molar-refractivity contribution in [1.29, 1.82) is 0 Å². The molecule has 3 rings (SSSR count). The first-order chi connectivity index (χ1) is 10.1. The van der Waals surface area contributed by atoms with Crippen molar-refractivity contribution in [3.8, 4) is 0 Å². The van der Waals surface area contributed by atoms with Crippen LogP contribution < -0.4 is 0 Å². The fourth-order valence-electron chi connectivity index (χ4n) is 2.93. The largest absolute Gasteiger partial charge is 0.347 e. The molecule has 1 amide bonds. The summed E-state index contributed by atoms with van der Waals surface area (Å²) < 4.78 is 1.87. The van der Waals surface area contributed by atoms with Gasteiger partial charge in [-0.05, 0) is 31.9 Å². The number of amides is 1. The van der Waals surface area contributed by atoms with Gasteiger partial charge in [0.25, 0.3) is 5.91 Å². The normalized spacial score (nSPS) is 18.8. The molecule has 0 bridgehead atoms. The van der Waals surface area contributed by atoms with Gasteiger partial charge in [-0.3, -0.25) is 14.8 Å². The van der Waals surface area contributed by atoms with E-state index in [1.807, 2.05) is 48.0 Å². The third kappa shape index (κ3) is 2.82. The molecule has 5 heteroatoms. The number of hydrogen-bond acceptors (Lipinski definition) is 3. The second kappa shape index (κ2) is 5.68. The van der Waals surface area contributed by atoms with E-state index >= 15 is 0 Å². The molecule has 5 nitrogen and oxygen atoms in total. The van der Waals surface area contributed by atoms with Gasteiger partial charge in [0.05, 0.1) is 11.4 Å². The van der Waals surface area contributed by atoms with Crippen molar-refractivity contribution in [2.24, 2.45) is 7.05 Å². The molecule has 0 aliphatic carbocycles. The molecular weight excluding hydrogens is 264 g/mol. The minimum atomic E-state index is 0.104. The summed E-state index contributed by atoms with van der Waals surface area (Å²) in [6.07, 6.45) is 7.57. The lowest BCUT2D eigenvalue weighted by molar-refractivity contribution is 0.0696. The summed E-state index contributed by atoms with van der Waals surface area (Å²) in [6, 6.07) is 3.78. The van der Waals surface area contributed by atoms with Gasteiger partial charge in [0, 0.05) is 44.6 Å². The van der Waals surface area contributed by atoms with Crippen LogP contribution in [-0.4, -0.2) is 38.4 Å². The summed E-state index contributed by atoms with van der Waals surface area (Å²) in [5, 5.41) is 0. The maximum Gasteiger partial charge on any atom is 0.270 e. The quantitative estimate of drug-likeness (QED) is 0.849. The highest BCUT2D eigenvalue weighted by Crippen LogP contribution is 2.26. The van der Waals surface area contributed by atoms with Crippen LogP contribution in [0.15, 0.2) is 30.7 Å². The van der Waals surface area contributed by atoms with Crippen molar-refractivity contribution in [1.82, 2.24) is 19.4 Å². The van der Waals surface area contributed by atoms with Gasteiger partial charge < -0.3 is 9.47 Å². The lowest BCUT2D eigenvalue weighted by Gasteiger charge is -2.32. The number of piperidine rings is 1. The van der Waals surface area contributed by atoms with Gasteiger partial charge >= 0.3 is 0 Å². The number of hydrogen-bond donors (Lipinski definition) is 0. The van der Waals surface area contributed by atoms with Crippen molar-refractivity contribution in [3.05, 3.63) is 47.8 Å². The molecule has 21 heavy (non-hydrogen) atoms. The minimum absolute atomic E-state index is 0.104. The van der Waals surface area contributed by atoms with Gasteiger partial charge in [-0.25, -0.2) is 0 Å². The number of likely N-dealkylation sites (tertiary alicyclic amines) is 1. The molecule has 0 saturated carbocycles. The molecule has 1 atom stereocenters. The molecule has 0 aromatic carbocycles. The molecular formula is C16H20N4O. The zero-order chi connectivity index (χ0) is 14.8. The second-order valence-electron chi connectivity index (χ2n) is 5.68. The molecule has 0 N–H and O–H groups in total. The molecule has 0 unspecified atom stereocenters. The summed E-state index contributed by atoms with van der Waals surface area (Å²) in [6.45, 7) is 3.49. The Morgan fingerprint density at radius 1 is 1.38 bits per heavy atom. The fourth-order valence-corrected chi connectivity index (χ4v) is 2.93. The van der Waals surface area contributed by atoms with E-state index in [1.165, 1.54) is 0 Å². The van der Waals surface area contributed by atoms with Gasteiger partial charge in [0.15, 0.2) is 0 Å². The molecule has 1 aliphatic rings. The number of carbonyl (C=O) groups is 1. The van der Waals surface area contributed by atoms with Crippen LogP contribution >= 0.6 is 0 Å². The number of rotatable bonds is 2. The summed E-state index contributed by atoms with van der Waals surface area (Å²) >= 11 is 0. The second-order valence-corrected chi connectivity index (χ2v) is 5.68. The molecule has 1 aliphatic heterocycles. The third-order valence-corrected chi connectivity index (χ3v) is 4.06. The highest BCUT2D eigenvalue weighted by Gasteiger charge is 2.27. The first-order valence-electron chi connectivity index (χ1n) is 7.34. The lowest BCUT2D eigenvalue weighted by atomic mass is 9.94. The molecule has 1 saturated heterocycles. The van der Waals surface area contributed by atoms with Crippen LogP contribution in [0.25, 0.3) is 0 Å². The minimum Gasteiger partial charge on any atom is -0.347 e. The van der Waals surface area contributed by atoms with E-state index in [0.717, 1.165) is 43.0 Å². The standard InChI is InChI=1S/C16H20N4O/c1-12-9-17-10-14(18-12)13-5-3-8-20(11-13)16(21)15-6-4-7-19(15)2/h4,6-7,9-10,13H,3,5,8,11H2,1-2H3/t13-/m1/s1. The Balaban J connectivity index is 1.77. The Hall–Kier alpha value is -2.17. The lowest BCUT2D eigenvalue weighted by Crippen LogP contribution is -2.40. The number of carbonyl (C=O) groups excluding carboxylic acids is 1. The first kappa shape index (κ1) is 13.8. The van der Waals surface area contributed by atoms with Gasteiger partial charge in [0.1, 0.15) is 5.69 Å². The fraction of sp³-hybridized carbons (Fsp3) is 0.438. The topological polar surface area (TPSA) is 51.0 Å². The van der Waals surface area contributed by atoms with Gasteiger partial charge in [-0.15, -0.1) is 0 Å². The van der Waals surface area contributed by atoms with Crippen LogP contribution in [-0.2, 0) is 7.05 Å². The summed E-state index contributed by atoms with van der Waals surface area (Å²) in [7, 11) is 1.90. The molecule has 3 heterocycles. The zero-order valence-corrected chi connectivity index (χ0v) is 12.5. The van der Waals surface area contributed by atoms with Crippen molar-refractivity contribution in [2.45, 2.75) is 25.7 Å². The van der Waals surface area contributed by atoms with Crippen LogP contribution in [0.3, 0.4) is 0 Å². The van der Waals surface area contributed by atoms with E-state index in [4.69, 9.17) is 0 Å². The van der Waals surface area contributed by atoms with Crippen LogP contribution in [0.5, 0.6) is 0 Å². The average molecular weight is 284 g/mol. The van der Waals surface area contributed by atoms with E-state index in [0.29, 0.717) is 0 Å². The molecule has 0 radical (unpaired) electrons. The highest BCUT2D eigenvalue weighted by molar-refractivity contribution is 5.92. The number of aryl methyl sites for hydroxylation is 2. The van der Waals surface area contributed by atoms with Crippen molar-refractivity contribution >= 4 is 5.91 Å².